The van der Waals surface area contributed by atoms with Gasteiger partial charge in [-0.2, -0.15) is 4.31 Å². The van der Waals surface area contributed by atoms with Gasteiger partial charge in [-0.25, -0.2) is 17.6 Å². The van der Waals surface area contributed by atoms with Crippen LogP contribution in [0.2, 0.25) is 0 Å². The summed E-state index contributed by atoms with van der Waals surface area (Å²) >= 11 is 0. The van der Waals surface area contributed by atoms with Gasteiger partial charge in [0, 0.05) is 37.8 Å². The number of amides is 1. The zero-order valence-corrected chi connectivity index (χ0v) is 20.3. The third-order valence-electron chi connectivity index (χ3n) is 5.78. The van der Waals surface area contributed by atoms with Crippen LogP contribution in [0.4, 0.5) is 10.1 Å². The fourth-order valence-electron chi connectivity index (χ4n) is 3.93. The molecule has 0 fully saturated rings. The number of ketones is 1. The Labute approximate surface area is 198 Å². The normalized spacial score (nSPS) is 14.1. The van der Waals surface area contributed by atoms with Crippen LogP contribution in [0.1, 0.15) is 54.0 Å². The van der Waals surface area contributed by atoms with Crippen molar-refractivity contribution < 1.29 is 31.9 Å². The second kappa shape index (κ2) is 10.0. The largest absolute Gasteiger partial charge is 0.451 e. The first kappa shape index (κ1) is 25.5. The second-order valence-electron chi connectivity index (χ2n) is 7.91. The molecule has 0 aliphatic carbocycles. The summed E-state index contributed by atoms with van der Waals surface area (Å²) in [5.74, 6) is -2.46. The quantitative estimate of drug-likeness (QED) is 0.416. The molecule has 1 atom stereocenters. The van der Waals surface area contributed by atoms with E-state index in [-0.39, 0.29) is 24.6 Å². The van der Waals surface area contributed by atoms with Crippen molar-refractivity contribution in [3.8, 4) is 0 Å². The molecule has 0 saturated heterocycles. The van der Waals surface area contributed by atoms with Crippen LogP contribution in [0.25, 0.3) is 0 Å². The molecule has 0 radical (unpaired) electrons. The predicted octanol–water partition coefficient (Wildman–Crippen LogP) is 3.19. The molecule has 182 valence electrons. The highest BCUT2D eigenvalue weighted by Crippen LogP contribution is 2.29. The fraction of sp³-hybridized carbons (Fsp3) is 0.375. The zero-order valence-electron chi connectivity index (χ0n) is 19.5. The van der Waals surface area contributed by atoms with Gasteiger partial charge in [0.05, 0.1) is 5.56 Å². The van der Waals surface area contributed by atoms with Crippen LogP contribution in [0.5, 0.6) is 0 Å². The number of fused-ring (bicyclic) bond motifs is 1. The highest BCUT2D eigenvalue weighted by molar-refractivity contribution is 7.89. The van der Waals surface area contributed by atoms with Gasteiger partial charge in [-0.3, -0.25) is 9.59 Å². The molecule has 10 heteroatoms. The van der Waals surface area contributed by atoms with Crippen LogP contribution in [0.3, 0.4) is 0 Å². The van der Waals surface area contributed by atoms with E-state index in [1.807, 2.05) is 0 Å². The Bertz CT molecular complexity index is 1240. The van der Waals surface area contributed by atoms with E-state index < -0.39 is 38.6 Å². The van der Waals surface area contributed by atoms with Crippen LogP contribution in [0.15, 0.2) is 41.3 Å². The van der Waals surface area contributed by atoms with E-state index in [1.165, 1.54) is 13.8 Å². The molecule has 0 aromatic heterocycles. The van der Waals surface area contributed by atoms with Gasteiger partial charge >= 0.3 is 5.97 Å². The second-order valence-corrected chi connectivity index (χ2v) is 9.82. The van der Waals surface area contributed by atoms with Crippen molar-refractivity contribution >= 4 is 33.4 Å². The van der Waals surface area contributed by atoms with Crippen molar-refractivity contribution in [3.63, 3.8) is 0 Å². The number of carbonyl (C=O) groups excluding carboxylic acids is 3. The summed E-state index contributed by atoms with van der Waals surface area (Å²) in [5.41, 5.74) is 1.75. The molecule has 0 unspecified atom stereocenters. The molecule has 34 heavy (non-hydrogen) atoms. The summed E-state index contributed by atoms with van der Waals surface area (Å²) in [6, 6.07) is 7.86. The predicted molar refractivity (Wildman–Crippen MR) is 124 cm³/mol. The molecule has 1 heterocycles. The SMILES string of the molecule is CCN(CC)S(=O)(=O)c1cc(C(=O)O[C@@H](C)C(=O)c2ccc3c(c2)CCN3C(C)=O)ccc1F. The number of hydrogen-bond acceptors (Lipinski definition) is 6. The van der Waals surface area contributed by atoms with Crippen molar-refractivity contribution in [2.45, 2.75) is 45.1 Å². The monoisotopic (exact) mass is 490 g/mol. The molecule has 8 nitrogen and oxygen atoms in total. The fourth-order valence-corrected chi connectivity index (χ4v) is 5.48. The number of rotatable bonds is 8. The average molecular weight is 491 g/mol. The molecule has 0 N–H and O–H groups in total. The van der Waals surface area contributed by atoms with Crippen molar-refractivity contribution in [1.29, 1.82) is 0 Å². The molecule has 1 amide bonds. The number of nitrogens with zero attached hydrogens (tertiary/aromatic N) is 2. The maximum absolute atomic E-state index is 14.3. The molecule has 0 bridgehead atoms. The smallest absolute Gasteiger partial charge is 0.338 e. The van der Waals surface area contributed by atoms with E-state index in [9.17, 15) is 27.2 Å². The van der Waals surface area contributed by atoms with Crippen LogP contribution >= 0.6 is 0 Å². The van der Waals surface area contributed by atoms with Gasteiger partial charge in [-0.05, 0) is 55.3 Å². The van der Waals surface area contributed by atoms with Crippen molar-refractivity contribution in [2.75, 3.05) is 24.5 Å². The van der Waals surface area contributed by atoms with Crippen molar-refractivity contribution in [2.24, 2.45) is 0 Å². The topological polar surface area (TPSA) is 101 Å². The number of benzene rings is 2. The van der Waals surface area contributed by atoms with Gasteiger partial charge < -0.3 is 9.64 Å². The number of esters is 1. The number of Topliss-reactive ketones (excluding diaryl/α,β-unsaturated/α-hetero) is 1. The standard InChI is InChI=1S/C24H27FN2O6S/c1-5-26(6-2)34(31,32)22-14-19(7-9-20(22)25)24(30)33-15(3)23(29)18-8-10-21-17(13-18)11-12-27(21)16(4)28/h7-10,13-15H,5-6,11-12H2,1-4H3/t15-/m0/s1. The van der Waals surface area contributed by atoms with Gasteiger partial charge in [-0.15, -0.1) is 0 Å². The van der Waals surface area contributed by atoms with Crippen LogP contribution in [-0.4, -0.2) is 56.1 Å². The number of hydrogen-bond donors (Lipinski definition) is 0. The van der Waals surface area contributed by atoms with E-state index in [1.54, 1.807) is 36.9 Å². The van der Waals surface area contributed by atoms with E-state index >= 15 is 0 Å². The summed E-state index contributed by atoms with van der Waals surface area (Å²) in [5, 5.41) is 0. The van der Waals surface area contributed by atoms with Crippen LogP contribution in [-0.2, 0) is 26.0 Å². The van der Waals surface area contributed by atoms with E-state index in [4.69, 9.17) is 4.74 Å². The Morgan fingerprint density at radius 1 is 1.09 bits per heavy atom. The summed E-state index contributed by atoms with van der Waals surface area (Å²) < 4.78 is 46.1. The number of anilines is 1. The number of ether oxygens (including phenoxy) is 1. The summed E-state index contributed by atoms with van der Waals surface area (Å²) in [6.45, 7) is 6.96. The highest BCUT2D eigenvalue weighted by Gasteiger charge is 2.29. The lowest BCUT2D eigenvalue weighted by atomic mass is 10.0. The minimum Gasteiger partial charge on any atom is -0.451 e. The van der Waals surface area contributed by atoms with Gasteiger partial charge in [0.1, 0.15) is 10.7 Å². The number of sulfonamides is 1. The third-order valence-corrected chi connectivity index (χ3v) is 7.85. The minimum absolute atomic E-state index is 0.0817. The molecular formula is C24H27FN2O6S. The average Bonchev–Trinajstić information content (AvgIpc) is 3.22. The Morgan fingerprint density at radius 3 is 2.35 bits per heavy atom. The molecule has 1 aliphatic rings. The Kier molecular flexibility index (Phi) is 7.52. The lowest BCUT2D eigenvalue weighted by Gasteiger charge is -2.19. The molecule has 3 rings (SSSR count). The summed E-state index contributed by atoms with van der Waals surface area (Å²) in [6.07, 6.45) is -0.549. The lowest BCUT2D eigenvalue weighted by Crippen LogP contribution is -2.31. The van der Waals surface area contributed by atoms with E-state index in [0.29, 0.717) is 18.5 Å². The molecule has 0 spiro atoms. The third kappa shape index (κ3) is 4.88. The number of carbonyl (C=O) groups is 3. The van der Waals surface area contributed by atoms with Crippen LogP contribution < -0.4 is 4.90 Å². The van der Waals surface area contributed by atoms with Gasteiger partial charge in [0.15, 0.2) is 6.10 Å². The zero-order chi connectivity index (χ0) is 25.2. The van der Waals surface area contributed by atoms with Gasteiger partial charge in [0.2, 0.25) is 21.7 Å². The maximum atomic E-state index is 14.3. The Hall–Kier alpha value is -3.11. The molecular weight excluding hydrogens is 463 g/mol. The van der Waals surface area contributed by atoms with E-state index in [2.05, 4.69) is 0 Å². The molecule has 2 aromatic carbocycles. The molecule has 2 aromatic rings. The molecule has 1 aliphatic heterocycles. The summed E-state index contributed by atoms with van der Waals surface area (Å²) in [4.78, 5) is 38.2. The first-order valence-electron chi connectivity index (χ1n) is 11.0. The van der Waals surface area contributed by atoms with Crippen molar-refractivity contribution in [1.82, 2.24) is 4.31 Å². The molecule has 0 saturated carbocycles. The number of halogens is 1. The Balaban J connectivity index is 1.79. The van der Waals surface area contributed by atoms with Gasteiger partial charge in [0.25, 0.3) is 0 Å². The van der Waals surface area contributed by atoms with Crippen molar-refractivity contribution in [3.05, 3.63) is 58.9 Å². The summed E-state index contributed by atoms with van der Waals surface area (Å²) in [7, 11) is -4.14. The lowest BCUT2D eigenvalue weighted by molar-refractivity contribution is -0.116. The van der Waals surface area contributed by atoms with Gasteiger partial charge in [-0.1, -0.05) is 13.8 Å². The first-order valence-corrected chi connectivity index (χ1v) is 12.4. The Morgan fingerprint density at radius 2 is 1.74 bits per heavy atom. The van der Waals surface area contributed by atoms with E-state index in [0.717, 1.165) is 33.8 Å². The highest BCUT2D eigenvalue weighted by atomic mass is 32.2. The minimum atomic E-state index is -4.14. The first-order chi connectivity index (χ1) is 16.0. The maximum Gasteiger partial charge on any atom is 0.338 e. The van der Waals surface area contributed by atoms with Crippen LogP contribution in [0, 0.1) is 5.82 Å².